The van der Waals surface area contributed by atoms with E-state index < -0.39 is 0 Å². The van der Waals surface area contributed by atoms with E-state index in [2.05, 4.69) is 9.88 Å². The molecule has 0 radical (unpaired) electrons. The smallest absolute Gasteiger partial charge is 0.272 e. The minimum Gasteiger partial charge on any atom is -0.341 e. The van der Waals surface area contributed by atoms with E-state index in [0.717, 1.165) is 64.2 Å². The van der Waals surface area contributed by atoms with E-state index in [4.69, 9.17) is 0 Å². The molecule has 1 aromatic rings. The maximum atomic E-state index is 12.7. The molecule has 6 nitrogen and oxygen atoms in total. The summed E-state index contributed by atoms with van der Waals surface area (Å²) >= 11 is 0. The number of nitrogens with zero attached hydrogens (tertiary/aromatic N) is 4. The largest absolute Gasteiger partial charge is 0.341 e. The van der Waals surface area contributed by atoms with Gasteiger partial charge in [0.1, 0.15) is 5.69 Å². The Morgan fingerprint density at radius 2 is 2.00 bits per heavy atom. The van der Waals surface area contributed by atoms with E-state index in [1.807, 2.05) is 28.9 Å². The molecule has 130 valence electrons. The fourth-order valence-electron chi connectivity index (χ4n) is 3.46. The summed E-state index contributed by atoms with van der Waals surface area (Å²) < 4.78 is 0. The Hall–Kier alpha value is -1.95. The zero-order valence-corrected chi connectivity index (χ0v) is 14.4. The minimum atomic E-state index is 0.0321. The van der Waals surface area contributed by atoms with Gasteiger partial charge in [0.2, 0.25) is 5.91 Å². The first-order chi connectivity index (χ1) is 11.6. The maximum absolute atomic E-state index is 12.7. The van der Waals surface area contributed by atoms with Gasteiger partial charge in [-0.1, -0.05) is 6.07 Å². The molecule has 0 aliphatic carbocycles. The van der Waals surface area contributed by atoms with Crippen molar-refractivity contribution in [2.24, 2.45) is 0 Å². The normalized spacial score (nSPS) is 19.6. The van der Waals surface area contributed by atoms with Crippen LogP contribution >= 0.6 is 0 Å². The molecule has 0 atom stereocenters. The van der Waals surface area contributed by atoms with Gasteiger partial charge < -0.3 is 9.80 Å². The van der Waals surface area contributed by atoms with Crippen LogP contribution in [0.3, 0.4) is 0 Å². The standard InChI is InChI=1S/C18H26N4O2/c1-15-5-2-7-19-17(15)18(24)22-10-4-8-20(12-14-22)11-13-21-9-3-6-16(21)23/h2,5,7H,3-4,6,8-14H2,1H3. The van der Waals surface area contributed by atoms with Gasteiger partial charge in [0.05, 0.1) is 0 Å². The number of aryl methyl sites for hydroxylation is 1. The molecule has 0 bridgehead atoms. The first-order valence-corrected chi connectivity index (χ1v) is 8.86. The van der Waals surface area contributed by atoms with Crippen LogP contribution in [0.2, 0.25) is 0 Å². The van der Waals surface area contributed by atoms with Gasteiger partial charge in [-0.2, -0.15) is 0 Å². The van der Waals surface area contributed by atoms with Crippen molar-refractivity contribution >= 4 is 11.8 Å². The maximum Gasteiger partial charge on any atom is 0.272 e. The Morgan fingerprint density at radius 1 is 1.12 bits per heavy atom. The highest BCUT2D eigenvalue weighted by atomic mass is 16.2. The summed E-state index contributed by atoms with van der Waals surface area (Å²) in [6, 6.07) is 3.79. The SMILES string of the molecule is Cc1cccnc1C(=O)N1CCCN(CCN2CCCC2=O)CC1. The third kappa shape index (κ3) is 3.93. The highest BCUT2D eigenvalue weighted by molar-refractivity contribution is 5.93. The molecular formula is C18H26N4O2. The molecule has 0 saturated carbocycles. The fraction of sp³-hybridized carbons (Fsp3) is 0.611. The summed E-state index contributed by atoms with van der Waals surface area (Å²) in [5, 5.41) is 0. The number of carbonyl (C=O) groups is 2. The number of likely N-dealkylation sites (tertiary alicyclic amines) is 1. The molecule has 2 aliphatic rings. The Balaban J connectivity index is 1.52. The fourth-order valence-corrected chi connectivity index (χ4v) is 3.46. The molecule has 6 heteroatoms. The quantitative estimate of drug-likeness (QED) is 0.831. The summed E-state index contributed by atoms with van der Waals surface area (Å²) in [4.78, 5) is 34.9. The molecule has 0 spiro atoms. The summed E-state index contributed by atoms with van der Waals surface area (Å²) in [7, 11) is 0. The molecule has 2 fully saturated rings. The van der Waals surface area contributed by atoms with Crippen molar-refractivity contribution in [3.8, 4) is 0 Å². The van der Waals surface area contributed by atoms with Gasteiger partial charge in [-0.25, -0.2) is 0 Å². The van der Waals surface area contributed by atoms with Gasteiger partial charge >= 0.3 is 0 Å². The first-order valence-electron chi connectivity index (χ1n) is 8.86. The molecule has 2 saturated heterocycles. The van der Waals surface area contributed by atoms with Crippen molar-refractivity contribution < 1.29 is 9.59 Å². The van der Waals surface area contributed by atoms with E-state index in [-0.39, 0.29) is 11.8 Å². The van der Waals surface area contributed by atoms with Crippen LogP contribution < -0.4 is 0 Å². The molecule has 0 N–H and O–H groups in total. The molecule has 0 aromatic carbocycles. The number of aromatic nitrogens is 1. The Bertz CT molecular complexity index is 604. The zero-order valence-electron chi connectivity index (χ0n) is 14.4. The van der Waals surface area contributed by atoms with Crippen LogP contribution in [0.5, 0.6) is 0 Å². The number of carbonyl (C=O) groups excluding carboxylic acids is 2. The monoisotopic (exact) mass is 330 g/mol. The van der Waals surface area contributed by atoms with Crippen molar-refractivity contribution in [2.75, 3.05) is 45.8 Å². The molecular weight excluding hydrogens is 304 g/mol. The third-order valence-electron chi connectivity index (χ3n) is 4.95. The molecule has 1 aromatic heterocycles. The van der Waals surface area contributed by atoms with E-state index in [0.29, 0.717) is 12.1 Å². The second-order valence-corrected chi connectivity index (χ2v) is 6.64. The summed E-state index contributed by atoms with van der Waals surface area (Å²) in [5.74, 6) is 0.317. The van der Waals surface area contributed by atoms with Gasteiger partial charge in [0.15, 0.2) is 0 Å². The van der Waals surface area contributed by atoms with E-state index in [9.17, 15) is 9.59 Å². The number of pyridine rings is 1. The molecule has 2 aliphatic heterocycles. The minimum absolute atomic E-state index is 0.0321. The van der Waals surface area contributed by atoms with Gasteiger partial charge in [-0.3, -0.25) is 19.5 Å². The zero-order chi connectivity index (χ0) is 16.9. The lowest BCUT2D eigenvalue weighted by Gasteiger charge is -2.24. The van der Waals surface area contributed by atoms with Crippen LogP contribution in [0.1, 0.15) is 35.3 Å². The van der Waals surface area contributed by atoms with Crippen LogP contribution in [0.25, 0.3) is 0 Å². The van der Waals surface area contributed by atoms with Gasteiger partial charge in [-0.15, -0.1) is 0 Å². The van der Waals surface area contributed by atoms with Crippen LogP contribution in [0.15, 0.2) is 18.3 Å². The third-order valence-corrected chi connectivity index (χ3v) is 4.95. The van der Waals surface area contributed by atoms with E-state index >= 15 is 0 Å². The summed E-state index contributed by atoms with van der Waals surface area (Å²) in [5.41, 5.74) is 1.49. The average Bonchev–Trinajstić information content (AvgIpc) is 2.85. The van der Waals surface area contributed by atoms with Crippen LogP contribution in [-0.2, 0) is 4.79 Å². The molecule has 24 heavy (non-hydrogen) atoms. The Kier molecular flexibility index (Phi) is 5.45. The second-order valence-electron chi connectivity index (χ2n) is 6.64. The number of rotatable bonds is 4. The molecule has 2 amide bonds. The lowest BCUT2D eigenvalue weighted by atomic mass is 10.2. The van der Waals surface area contributed by atoms with Crippen LogP contribution in [-0.4, -0.2) is 77.3 Å². The van der Waals surface area contributed by atoms with Crippen molar-refractivity contribution in [2.45, 2.75) is 26.2 Å². The van der Waals surface area contributed by atoms with Crippen molar-refractivity contribution in [3.05, 3.63) is 29.6 Å². The van der Waals surface area contributed by atoms with Crippen LogP contribution in [0.4, 0.5) is 0 Å². The topological polar surface area (TPSA) is 56.8 Å². The predicted octanol–water partition coefficient (Wildman–Crippen LogP) is 1.16. The number of hydrogen-bond acceptors (Lipinski definition) is 4. The van der Waals surface area contributed by atoms with Gasteiger partial charge in [-0.05, 0) is 37.9 Å². The Morgan fingerprint density at radius 3 is 2.75 bits per heavy atom. The highest BCUT2D eigenvalue weighted by Crippen LogP contribution is 2.12. The van der Waals surface area contributed by atoms with Crippen molar-refractivity contribution in [1.82, 2.24) is 19.7 Å². The van der Waals surface area contributed by atoms with Crippen LogP contribution in [0, 0.1) is 6.92 Å². The summed E-state index contributed by atoms with van der Waals surface area (Å²) in [6.45, 7) is 7.87. The Labute approximate surface area is 143 Å². The molecule has 0 unspecified atom stereocenters. The van der Waals surface area contributed by atoms with E-state index in [1.165, 1.54) is 0 Å². The number of hydrogen-bond donors (Lipinski definition) is 0. The molecule has 3 heterocycles. The number of amides is 2. The highest BCUT2D eigenvalue weighted by Gasteiger charge is 2.24. The lowest BCUT2D eigenvalue weighted by Crippen LogP contribution is -2.39. The second kappa shape index (κ2) is 7.75. The van der Waals surface area contributed by atoms with E-state index in [1.54, 1.807) is 6.20 Å². The van der Waals surface area contributed by atoms with Crippen molar-refractivity contribution in [3.63, 3.8) is 0 Å². The summed E-state index contributed by atoms with van der Waals surface area (Å²) in [6.07, 6.45) is 4.33. The molecule has 3 rings (SSSR count). The van der Waals surface area contributed by atoms with Crippen molar-refractivity contribution in [1.29, 1.82) is 0 Å². The van der Waals surface area contributed by atoms with Gasteiger partial charge in [0, 0.05) is 51.9 Å². The predicted molar refractivity (Wildman–Crippen MR) is 91.7 cm³/mol. The lowest BCUT2D eigenvalue weighted by molar-refractivity contribution is -0.127. The first kappa shape index (κ1) is 16.9. The van der Waals surface area contributed by atoms with Gasteiger partial charge in [0.25, 0.3) is 5.91 Å². The average molecular weight is 330 g/mol.